The van der Waals surface area contributed by atoms with Crippen molar-refractivity contribution in [2.24, 2.45) is 11.8 Å². The second kappa shape index (κ2) is 5.26. The molecule has 0 spiro atoms. The molecule has 1 saturated heterocycles. The molecular formula is C15H22ClFN2O. The van der Waals surface area contributed by atoms with Crippen molar-refractivity contribution in [3.63, 3.8) is 0 Å². The van der Waals surface area contributed by atoms with Gasteiger partial charge in [0.1, 0.15) is 5.82 Å². The van der Waals surface area contributed by atoms with Crippen LogP contribution >= 0.6 is 11.6 Å². The van der Waals surface area contributed by atoms with Crippen molar-refractivity contribution in [2.75, 3.05) is 0 Å². The highest BCUT2D eigenvalue weighted by molar-refractivity contribution is 6.31. The maximum Gasteiger partial charge on any atom is 0.124 e. The zero-order chi connectivity index (χ0) is 15.1. The number of halogens is 2. The monoisotopic (exact) mass is 300 g/mol. The number of hydrogen-bond acceptors (Lipinski definition) is 3. The van der Waals surface area contributed by atoms with E-state index >= 15 is 0 Å². The number of benzene rings is 1. The quantitative estimate of drug-likeness (QED) is 0.662. The number of rotatable bonds is 3. The third-order valence-corrected chi connectivity index (χ3v) is 4.35. The highest BCUT2D eigenvalue weighted by Gasteiger charge is 2.49. The Hall–Kier alpha value is -0.680. The number of nitrogens with two attached hydrogens (primary N) is 1. The van der Waals surface area contributed by atoms with Crippen LogP contribution in [0.15, 0.2) is 18.2 Å². The van der Waals surface area contributed by atoms with Crippen LogP contribution < -0.4 is 11.3 Å². The van der Waals surface area contributed by atoms with Gasteiger partial charge in [-0.15, -0.1) is 0 Å². The van der Waals surface area contributed by atoms with Crippen LogP contribution in [0.1, 0.15) is 45.7 Å². The van der Waals surface area contributed by atoms with Gasteiger partial charge in [-0.05, 0) is 51.8 Å². The van der Waals surface area contributed by atoms with Crippen LogP contribution in [0.2, 0.25) is 5.02 Å². The van der Waals surface area contributed by atoms with Crippen molar-refractivity contribution in [1.82, 2.24) is 5.43 Å². The van der Waals surface area contributed by atoms with Gasteiger partial charge in [-0.3, -0.25) is 11.3 Å². The lowest BCUT2D eigenvalue weighted by atomic mass is 9.79. The number of nitrogens with one attached hydrogen (secondary N) is 1. The van der Waals surface area contributed by atoms with E-state index in [0.717, 1.165) is 12.0 Å². The Morgan fingerprint density at radius 3 is 2.50 bits per heavy atom. The van der Waals surface area contributed by atoms with E-state index in [9.17, 15) is 4.39 Å². The Morgan fingerprint density at radius 2 is 2.05 bits per heavy atom. The van der Waals surface area contributed by atoms with Gasteiger partial charge in [0.25, 0.3) is 0 Å². The van der Waals surface area contributed by atoms with Gasteiger partial charge in [-0.1, -0.05) is 17.7 Å². The zero-order valence-electron chi connectivity index (χ0n) is 12.3. The smallest absolute Gasteiger partial charge is 0.124 e. The number of ether oxygens (including phenoxy) is 1. The fourth-order valence-corrected chi connectivity index (χ4v) is 3.59. The van der Waals surface area contributed by atoms with Crippen LogP contribution in [-0.4, -0.2) is 11.2 Å². The Labute approximate surface area is 124 Å². The molecule has 1 aliphatic rings. The highest BCUT2D eigenvalue weighted by Crippen LogP contribution is 2.48. The van der Waals surface area contributed by atoms with Gasteiger partial charge in [-0.2, -0.15) is 0 Å². The summed E-state index contributed by atoms with van der Waals surface area (Å²) in [6, 6.07) is 4.22. The van der Waals surface area contributed by atoms with Gasteiger partial charge in [0.2, 0.25) is 0 Å². The van der Waals surface area contributed by atoms with Crippen LogP contribution in [0.25, 0.3) is 0 Å². The molecule has 2 rings (SSSR count). The average Bonchev–Trinajstić information content (AvgIpc) is 2.51. The maximum absolute atomic E-state index is 13.2. The second-order valence-corrected chi connectivity index (χ2v) is 6.99. The molecule has 112 valence electrons. The number of hydrogen-bond donors (Lipinski definition) is 2. The first-order valence-corrected chi connectivity index (χ1v) is 7.15. The minimum absolute atomic E-state index is 0.144. The molecule has 0 aliphatic carbocycles. The van der Waals surface area contributed by atoms with E-state index in [2.05, 4.69) is 19.3 Å². The van der Waals surface area contributed by atoms with Crippen molar-refractivity contribution in [1.29, 1.82) is 0 Å². The van der Waals surface area contributed by atoms with E-state index in [1.54, 1.807) is 6.07 Å². The second-order valence-electron chi connectivity index (χ2n) is 6.59. The normalized spacial score (nSPS) is 25.6. The molecule has 0 radical (unpaired) electrons. The molecule has 2 atom stereocenters. The fourth-order valence-electron chi connectivity index (χ4n) is 3.30. The molecule has 1 aliphatic heterocycles. The summed E-state index contributed by atoms with van der Waals surface area (Å²) in [5.41, 5.74) is 3.08. The molecule has 3 N–H and O–H groups in total. The van der Waals surface area contributed by atoms with E-state index in [1.807, 2.05) is 13.8 Å². The largest absolute Gasteiger partial charge is 0.369 e. The Balaban J connectivity index is 2.37. The van der Waals surface area contributed by atoms with Gasteiger partial charge in [-0.25, -0.2) is 4.39 Å². The van der Waals surface area contributed by atoms with Crippen LogP contribution in [0.5, 0.6) is 0 Å². The fraction of sp³-hybridized carbons (Fsp3) is 0.600. The molecule has 3 nitrogen and oxygen atoms in total. The van der Waals surface area contributed by atoms with Crippen molar-refractivity contribution in [3.8, 4) is 0 Å². The minimum Gasteiger partial charge on any atom is -0.369 e. The van der Waals surface area contributed by atoms with Gasteiger partial charge in [0.15, 0.2) is 0 Å². The molecule has 1 fully saturated rings. The Kier molecular flexibility index (Phi) is 4.13. The highest BCUT2D eigenvalue weighted by atomic mass is 35.5. The summed E-state index contributed by atoms with van der Waals surface area (Å²) in [5, 5.41) is 0.383. The van der Waals surface area contributed by atoms with E-state index < -0.39 is 0 Å². The predicted molar refractivity (Wildman–Crippen MR) is 78.8 cm³/mol. The first kappa shape index (κ1) is 15.7. The number of hydrazine groups is 1. The summed E-state index contributed by atoms with van der Waals surface area (Å²) < 4.78 is 19.3. The average molecular weight is 301 g/mol. The van der Waals surface area contributed by atoms with E-state index in [0.29, 0.717) is 5.02 Å². The van der Waals surface area contributed by atoms with E-state index in [-0.39, 0.29) is 29.0 Å². The summed E-state index contributed by atoms with van der Waals surface area (Å²) in [6.07, 6.45) is 0.850. The Morgan fingerprint density at radius 1 is 1.40 bits per heavy atom. The first-order valence-electron chi connectivity index (χ1n) is 6.77. The van der Waals surface area contributed by atoms with E-state index in [1.165, 1.54) is 12.1 Å². The molecule has 1 aromatic carbocycles. The van der Waals surface area contributed by atoms with Crippen molar-refractivity contribution < 1.29 is 9.13 Å². The molecule has 1 heterocycles. The summed E-state index contributed by atoms with van der Waals surface area (Å²) in [6.45, 7) is 8.23. The van der Waals surface area contributed by atoms with Crippen molar-refractivity contribution in [2.45, 2.75) is 51.4 Å². The lowest BCUT2D eigenvalue weighted by Gasteiger charge is -2.33. The summed E-state index contributed by atoms with van der Waals surface area (Å²) in [5.74, 6) is 5.54. The minimum atomic E-state index is -0.350. The summed E-state index contributed by atoms with van der Waals surface area (Å²) in [7, 11) is 0. The topological polar surface area (TPSA) is 47.3 Å². The molecule has 0 saturated carbocycles. The van der Waals surface area contributed by atoms with Crippen LogP contribution in [-0.2, 0) is 4.74 Å². The standard InChI is InChI=1S/C15H22ClFN2O/c1-14(2)8-11(15(3,4)20-14)13(19-18)10-6-5-9(17)7-12(10)16/h5-7,11,13,19H,8,18H2,1-4H3. The van der Waals surface area contributed by atoms with Crippen molar-refractivity contribution >= 4 is 11.6 Å². The third kappa shape index (κ3) is 2.98. The van der Waals surface area contributed by atoms with Crippen molar-refractivity contribution in [3.05, 3.63) is 34.6 Å². The molecule has 0 aromatic heterocycles. The van der Waals surface area contributed by atoms with Gasteiger partial charge < -0.3 is 4.74 Å². The third-order valence-electron chi connectivity index (χ3n) is 4.02. The molecule has 5 heteroatoms. The maximum atomic E-state index is 13.2. The van der Waals surface area contributed by atoms with Crippen LogP contribution in [0.3, 0.4) is 0 Å². The molecule has 2 unspecified atom stereocenters. The lowest BCUT2D eigenvalue weighted by molar-refractivity contribution is -0.0778. The SMILES string of the molecule is CC1(C)CC(C(NN)c2ccc(F)cc2Cl)C(C)(C)O1. The van der Waals surface area contributed by atoms with Gasteiger partial charge >= 0.3 is 0 Å². The summed E-state index contributed by atoms with van der Waals surface area (Å²) in [4.78, 5) is 0. The molecule has 20 heavy (non-hydrogen) atoms. The predicted octanol–water partition coefficient (Wildman–Crippen LogP) is 3.58. The zero-order valence-corrected chi connectivity index (χ0v) is 13.1. The molecule has 0 amide bonds. The lowest BCUT2D eigenvalue weighted by Crippen LogP contribution is -2.41. The molecule has 0 bridgehead atoms. The van der Waals surface area contributed by atoms with Gasteiger partial charge in [0.05, 0.1) is 17.2 Å². The first-order chi connectivity index (χ1) is 9.16. The van der Waals surface area contributed by atoms with E-state index in [4.69, 9.17) is 22.2 Å². The molecular weight excluding hydrogens is 279 g/mol. The van der Waals surface area contributed by atoms with Crippen LogP contribution in [0.4, 0.5) is 4.39 Å². The molecule has 1 aromatic rings. The summed E-state index contributed by atoms with van der Waals surface area (Å²) >= 11 is 6.17. The van der Waals surface area contributed by atoms with Gasteiger partial charge in [0, 0.05) is 10.9 Å². The van der Waals surface area contributed by atoms with Crippen LogP contribution in [0, 0.1) is 11.7 Å². The Bertz CT molecular complexity index is 505.